The molecule has 0 amide bonds. The number of fused-ring (bicyclic) bond motifs is 1. The van der Waals surface area contributed by atoms with Gasteiger partial charge < -0.3 is 4.57 Å². The lowest BCUT2D eigenvalue weighted by Crippen LogP contribution is -2.31. The number of alkyl halides is 3. The molecule has 0 N–H and O–H groups in total. The molecule has 3 aromatic rings. The summed E-state index contributed by atoms with van der Waals surface area (Å²) in [6, 6.07) is 0.210. The Morgan fingerprint density at radius 1 is 1.28 bits per heavy atom. The molecule has 3 heterocycles. The third kappa shape index (κ3) is 3.61. The third-order valence-electron chi connectivity index (χ3n) is 4.27. The van der Waals surface area contributed by atoms with Crippen molar-refractivity contribution in [3.63, 3.8) is 0 Å². The van der Waals surface area contributed by atoms with Crippen LogP contribution in [0.1, 0.15) is 25.5 Å². The standard InChI is InChI=1S/C18H18F3N5O2S/c1-5-6-25-15(27)12-8-22-17(29-4)23-14(12)26(25)11-7-13(18(19,20)21)16(28)24(9-11)10(2)3/h5,7-10H,1,6H2,2-4H3. The molecule has 3 rings (SSSR count). The second kappa shape index (κ2) is 7.54. The van der Waals surface area contributed by atoms with Crippen LogP contribution in [-0.2, 0) is 12.7 Å². The Labute approximate surface area is 167 Å². The number of pyridine rings is 1. The number of hydrogen-bond donors (Lipinski definition) is 0. The van der Waals surface area contributed by atoms with Gasteiger partial charge in [0.05, 0.1) is 12.2 Å². The number of aromatic nitrogens is 5. The molecule has 0 aliphatic heterocycles. The van der Waals surface area contributed by atoms with Crippen molar-refractivity contribution in [1.82, 2.24) is 23.9 Å². The number of allylic oxidation sites excluding steroid dienone is 1. The van der Waals surface area contributed by atoms with Gasteiger partial charge in [0.1, 0.15) is 10.9 Å². The molecule has 0 aliphatic carbocycles. The summed E-state index contributed by atoms with van der Waals surface area (Å²) >= 11 is 1.23. The summed E-state index contributed by atoms with van der Waals surface area (Å²) in [5, 5.41) is 0.510. The smallest absolute Gasteiger partial charge is 0.310 e. The van der Waals surface area contributed by atoms with E-state index in [1.165, 1.54) is 39.6 Å². The van der Waals surface area contributed by atoms with Crippen molar-refractivity contribution in [2.45, 2.75) is 37.8 Å². The maximum Gasteiger partial charge on any atom is 0.421 e. The Hall–Kier alpha value is -2.82. The molecule has 7 nitrogen and oxygen atoms in total. The highest BCUT2D eigenvalue weighted by Gasteiger charge is 2.36. The van der Waals surface area contributed by atoms with Crippen molar-refractivity contribution in [3.05, 3.63) is 57.4 Å². The van der Waals surface area contributed by atoms with Gasteiger partial charge in [-0.05, 0) is 26.2 Å². The highest BCUT2D eigenvalue weighted by molar-refractivity contribution is 7.98. The van der Waals surface area contributed by atoms with Crippen LogP contribution in [0, 0.1) is 0 Å². The van der Waals surface area contributed by atoms with Crippen molar-refractivity contribution in [2.75, 3.05) is 6.26 Å². The van der Waals surface area contributed by atoms with E-state index in [1.54, 1.807) is 20.1 Å². The number of hydrogen-bond acceptors (Lipinski definition) is 5. The van der Waals surface area contributed by atoms with E-state index < -0.39 is 28.9 Å². The lowest BCUT2D eigenvalue weighted by Gasteiger charge is -2.18. The Morgan fingerprint density at radius 2 is 1.97 bits per heavy atom. The van der Waals surface area contributed by atoms with Crippen LogP contribution in [-0.4, -0.2) is 30.2 Å². The van der Waals surface area contributed by atoms with Gasteiger partial charge in [-0.15, -0.1) is 6.58 Å². The van der Waals surface area contributed by atoms with E-state index in [0.717, 1.165) is 10.6 Å². The normalized spacial score (nSPS) is 12.1. The van der Waals surface area contributed by atoms with Crippen molar-refractivity contribution < 1.29 is 13.2 Å². The monoisotopic (exact) mass is 425 g/mol. The summed E-state index contributed by atoms with van der Waals surface area (Å²) in [6.07, 6.45) is 0.973. The van der Waals surface area contributed by atoms with Crippen molar-refractivity contribution in [1.29, 1.82) is 0 Å². The van der Waals surface area contributed by atoms with E-state index in [-0.39, 0.29) is 23.3 Å². The number of nitrogens with zero attached hydrogens (tertiary/aromatic N) is 5. The first-order valence-electron chi connectivity index (χ1n) is 8.57. The Bertz CT molecular complexity index is 1210. The number of thioether (sulfide) groups is 1. The molecule has 0 radical (unpaired) electrons. The lowest BCUT2D eigenvalue weighted by atomic mass is 10.2. The predicted octanol–water partition coefficient (Wildman–Crippen LogP) is 3.25. The zero-order chi connectivity index (χ0) is 21.5. The van der Waals surface area contributed by atoms with E-state index in [2.05, 4.69) is 16.5 Å². The second-order valence-electron chi connectivity index (χ2n) is 6.50. The Kier molecular flexibility index (Phi) is 5.44. The van der Waals surface area contributed by atoms with E-state index in [4.69, 9.17) is 0 Å². The molecule has 0 saturated heterocycles. The molecule has 3 aromatic heterocycles. The van der Waals surface area contributed by atoms with Gasteiger partial charge in [-0.1, -0.05) is 17.8 Å². The molecule has 0 aliphatic rings. The fraction of sp³-hybridized carbons (Fsp3) is 0.333. The van der Waals surface area contributed by atoms with E-state index in [0.29, 0.717) is 5.16 Å². The average Bonchev–Trinajstić information content (AvgIpc) is 2.92. The molecule has 0 unspecified atom stereocenters. The molecule has 0 bridgehead atoms. The molecular weight excluding hydrogens is 407 g/mol. The van der Waals surface area contributed by atoms with Crippen molar-refractivity contribution >= 4 is 22.8 Å². The van der Waals surface area contributed by atoms with Crippen LogP contribution < -0.4 is 11.1 Å². The van der Waals surface area contributed by atoms with Crippen LogP contribution in [0.4, 0.5) is 13.2 Å². The van der Waals surface area contributed by atoms with Gasteiger partial charge in [-0.25, -0.2) is 19.3 Å². The summed E-state index contributed by atoms with van der Waals surface area (Å²) in [7, 11) is 0. The molecular formula is C18H18F3N5O2S. The van der Waals surface area contributed by atoms with Crippen LogP contribution in [0.2, 0.25) is 0 Å². The van der Waals surface area contributed by atoms with Gasteiger partial charge in [0.15, 0.2) is 10.8 Å². The first-order valence-corrected chi connectivity index (χ1v) is 9.79. The molecule has 0 saturated carbocycles. The minimum absolute atomic E-state index is 0.00896. The van der Waals surface area contributed by atoms with Crippen LogP contribution in [0.3, 0.4) is 0 Å². The summed E-state index contributed by atoms with van der Waals surface area (Å²) in [6.45, 7) is 6.84. The maximum absolute atomic E-state index is 13.5. The molecule has 29 heavy (non-hydrogen) atoms. The number of halogens is 3. The van der Waals surface area contributed by atoms with Crippen LogP contribution in [0.15, 0.2) is 45.9 Å². The van der Waals surface area contributed by atoms with Gasteiger partial charge in [-0.3, -0.25) is 9.59 Å². The first kappa shape index (κ1) is 20.9. The summed E-state index contributed by atoms with van der Waals surface area (Å²) < 4.78 is 44.1. The fourth-order valence-corrected chi connectivity index (χ4v) is 3.29. The van der Waals surface area contributed by atoms with Crippen LogP contribution in [0.5, 0.6) is 0 Å². The van der Waals surface area contributed by atoms with Gasteiger partial charge in [0.25, 0.3) is 11.1 Å². The lowest BCUT2D eigenvalue weighted by molar-refractivity contribution is -0.139. The average molecular weight is 425 g/mol. The van der Waals surface area contributed by atoms with Crippen molar-refractivity contribution in [2.24, 2.45) is 0 Å². The van der Waals surface area contributed by atoms with Crippen molar-refractivity contribution in [3.8, 4) is 5.69 Å². The predicted molar refractivity (Wildman–Crippen MR) is 105 cm³/mol. The van der Waals surface area contributed by atoms with E-state index in [1.807, 2.05) is 0 Å². The first-order chi connectivity index (χ1) is 13.6. The number of rotatable bonds is 5. The van der Waals surface area contributed by atoms with Crippen LogP contribution >= 0.6 is 11.8 Å². The molecule has 0 fully saturated rings. The largest absolute Gasteiger partial charge is 0.421 e. The zero-order valence-corrected chi connectivity index (χ0v) is 16.7. The van der Waals surface area contributed by atoms with Gasteiger partial charge >= 0.3 is 6.18 Å². The molecule has 11 heteroatoms. The third-order valence-corrected chi connectivity index (χ3v) is 4.83. The zero-order valence-electron chi connectivity index (χ0n) is 15.9. The fourth-order valence-electron chi connectivity index (χ4n) is 2.95. The van der Waals surface area contributed by atoms with Gasteiger partial charge in [0, 0.05) is 18.4 Å². The minimum atomic E-state index is -4.85. The molecule has 154 valence electrons. The summed E-state index contributed by atoms with van der Waals surface area (Å²) in [5.74, 6) is 0. The maximum atomic E-state index is 13.5. The Balaban J connectivity index is 2.48. The summed E-state index contributed by atoms with van der Waals surface area (Å²) in [4.78, 5) is 33.5. The van der Waals surface area contributed by atoms with E-state index in [9.17, 15) is 22.8 Å². The second-order valence-corrected chi connectivity index (χ2v) is 7.27. The molecule has 0 aromatic carbocycles. The van der Waals surface area contributed by atoms with E-state index >= 15 is 0 Å². The minimum Gasteiger partial charge on any atom is -0.310 e. The Morgan fingerprint density at radius 3 is 2.52 bits per heavy atom. The SMILES string of the molecule is C=CCn1c(=O)c2cnc(SC)nc2n1-c1cc(C(F)(F)F)c(=O)n(C(C)C)c1. The van der Waals surface area contributed by atoms with Gasteiger partial charge in [-0.2, -0.15) is 13.2 Å². The molecule has 0 spiro atoms. The van der Waals surface area contributed by atoms with Gasteiger partial charge in [0.2, 0.25) is 0 Å². The summed E-state index contributed by atoms with van der Waals surface area (Å²) in [5.41, 5.74) is -2.79. The highest BCUT2D eigenvalue weighted by Crippen LogP contribution is 2.29. The topological polar surface area (TPSA) is 74.7 Å². The highest BCUT2D eigenvalue weighted by atomic mass is 32.2. The quantitative estimate of drug-likeness (QED) is 0.356. The van der Waals surface area contributed by atoms with Crippen LogP contribution in [0.25, 0.3) is 16.7 Å². The molecule has 0 atom stereocenters.